The van der Waals surface area contributed by atoms with Gasteiger partial charge in [-0.1, -0.05) is 49.4 Å². The quantitative estimate of drug-likeness (QED) is 0.601. The molecule has 6 heteroatoms. The van der Waals surface area contributed by atoms with Gasteiger partial charge in [-0.15, -0.1) is 0 Å². The lowest BCUT2D eigenvalue weighted by molar-refractivity contribution is -0.146. The Bertz CT molecular complexity index is 855. The van der Waals surface area contributed by atoms with E-state index < -0.39 is 11.9 Å². The molecule has 2 aromatic carbocycles. The van der Waals surface area contributed by atoms with Crippen LogP contribution >= 0.6 is 0 Å². The van der Waals surface area contributed by atoms with Crippen LogP contribution in [0, 0.1) is 11.8 Å². The summed E-state index contributed by atoms with van der Waals surface area (Å²) in [6.45, 7) is 4.66. The lowest BCUT2D eigenvalue weighted by Crippen LogP contribution is -2.53. The number of hydrazine groups is 1. The summed E-state index contributed by atoms with van der Waals surface area (Å²) in [6.07, 6.45) is 1.37. The standard InChI is InChI=1S/C23H29N3O3/c1-3-14-9-11-15(12-10-14)21-20-17(23(27)28)13-18(24-22(20)26-25-21)16-7-5-6-8-19(16)29-4-2/h5-12,17-18,20-22,24-26H,3-4,13H2,1-2H3,(H,27,28). The maximum absolute atomic E-state index is 12.2. The summed E-state index contributed by atoms with van der Waals surface area (Å²) in [5.74, 6) is -0.497. The van der Waals surface area contributed by atoms with Crippen LogP contribution in [0.15, 0.2) is 48.5 Å². The first-order valence-corrected chi connectivity index (χ1v) is 10.4. The molecule has 0 amide bonds. The molecule has 4 rings (SSSR count). The highest BCUT2D eigenvalue weighted by molar-refractivity contribution is 5.71. The Kier molecular flexibility index (Phi) is 5.85. The highest BCUT2D eigenvalue weighted by Gasteiger charge is 2.49. The first kappa shape index (κ1) is 19.9. The van der Waals surface area contributed by atoms with Crippen molar-refractivity contribution in [3.63, 3.8) is 0 Å². The summed E-state index contributed by atoms with van der Waals surface area (Å²) >= 11 is 0. The van der Waals surface area contributed by atoms with Gasteiger partial charge in [0.05, 0.1) is 24.7 Å². The normalized spacial score (nSPS) is 28.7. The third-order valence-corrected chi connectivity index (χ3v) is 6.16. The second kappa shape index (κ2) is 8.53. The topological polar surface area (TPSA) is 82.6 Å². The van der Waals surface area contributed by atoms with Crippen molar-refractivity contribution >= 4 is 5.97 Å². The van der Waals surface area contributed by atoms with E-state index in [1.807, 2.05) is 31.2 Å². The third kappa shape index (κ3) is 3.88. The molecule has 2 aliphatic rings. The van der Waals surface area contributed by atoms with Crippen molar-refractivity contribution in [2.24, 2.45) is 11.8 Å². The molecule has 2 fully saturated rings. The van der Waals surface area contributed by atoms with Crippen LogP contribution in [0.5, 0.6) is 5.75 Å². The van der Waals surface area contributed by atoms with Crippen molar-refractivity contribution < 1.29 is 14.6 Å². The Balaban J connectivity index is 1.61. The van der Waals surface area contributed by atoms with E-state index in [4.69, 9.17) is 4.74 Å². The summed E-state index contributed by atoms with van der Waals surface area (Å²) in [7, 11) is 0. The van der Waals surface area contributed by atoms with Gasteiger partial charge in [-0.3, -0.25) is 10.1 Å². The van der Waals surface area contributed by atoms with Crippen molar-refractivity contribution in [2.75, 3.05) is 6.61 Å². The molecule has 154 valence electrons. The molecule has 29 heavy (non-hydrogen) atoms. The molecule has 2 aliphatic heterocycles. The van der Waals surface area contributed by atoms with Crippen LogP contribution in [0.2, 0.25) is 0 Å². The average molecular weight is 396 g/mol. The maximum atomic E-state index is 12.2. The fraction of sp³-hybridized carbons (Fsp3) is 0.435. The minimum absolute atomic E-state index is 0.0532. The zero-order chi connectivity index (χ0) is 20.4. The van der Waals surface area contributed by atoms with E-state index in [9.17, 15) is 9.90 Å². The number of carboxylic acid groups (broad SMARTS) is 1. The number of aryl methyl sites for hydroxylation is 1. The zero-order valence-electron chi connectivity index (χ0n) is 16.9. The molecule has 0 saturated carbocycles. The molecule has 0 aliphatic carbocycles. The number of hydrogen-bond acceptors (Lipinski definition) is 5. The molecule has 5 unspecified atom stereocenters. The first-order chi connectivity index (χ1) is 14.1. The molecular formula is C23H29N3O3. The Morgan fingerprint density at radius 2 is 1.86 bits per heavy atom. The number of fused-ring (bicyclic) bond motifs is 1. The molecule has 4 N–H and O–H groups in total. The number of benzene rings is 2. The number of rotatable bonds is 6. The van der Waals surface area contributed by atoms with E-state index in [2.05, 4.69) is 47.4 Å². The Labute approximate surface area is 171 Å². The summed E-state index contributed by atoms with van der Waals surface area (Å²) < 4.78 is 5.79. The van der Waals surface area contributed by atoms with E-state index in [1.165, 1.54) is 5.56 Å². The van der Waals surface area contributed by atoms with E-state index >= 15 is 0 Å². The summed E-state index contributed by atoms with van der Waals surface area (Å²) in [5.41, 5.74) is 10.1. The number of carbonyl (C=O) groups is 1. The van der Waals surface area contributed by atoms with Crippen LogP contribution in [0.25, 0.3) is 0 Å². The van der Waals surface area contributed by atoms with Crippen LogP contribution in [0.1, 0.15) is 49.0 Å². The fourth-order valence-electron chi connectivity index (χ4n) is 4.68. The van der Waals surface area contributed by atoms with Crippen molar-refractivity contribution in [3.05, 3.63) is 65.2 Å². The van der Waals surface area contributed by atoms with Crippen molar-refractivity contribution in [2.45, 2.75) is 44.9 Å². The number of nitrogens with one attached hydrogen (secondary N) is 3. The first-order valence-electron chi connectivity index (χ1n) is 10.4. The zero-order valence-corrected chi connectivity index (χ0v) is 16.9. The lowest BCUT2D eigenvalue weighted by atomic mass is 9.74. The smallest absolute Gasteiger partial charge is 0.307 e. The minimum atomic E-state index is -0.749. The Morgan fingerprint density at radius 1 is 1.10 bits per heavy atom. The summed E-state index contributed by atoms with van der Waals surface area (Å²) in [4.78, 5) is 12.2. The molecule has 5 atom stereocenters. The number of carboxylic acids is 1. The molecule has 6 nitrogen and oxygen atoms in total. The molecule has 2 heterocycles. The van der Waals surface area contributed by atoms with Crippen molar-refractivity contribution in [1.82, 2.24) is 16.2 Å². The molecular weight excluding hydrogens is 366 g/mol. The number of para-hydroxylation sites is 1. The number of hydrogen-bond donors (Lipinski definition) is 4. The van der Waals surface area contributed by atoms with Gasteiger partial charge in [0.1, 0.15) is 5.75 Å². The average Bonchev–Trinajstić information content (AvgIpc) is 3.17. The van der Waals surface area contributed by atoms with Gasteiger partial charge in [0, 0.05) is 17.5 Å². The third-order valence-electron chi connectivity index (χ3n) is 6.16. The van der Waals surface area contributed by atoms with Gasteiger partial charge >= 0.3 is 5.97 Å². The van der Waals surface area contributed by atoms with Crippen LogP contribution in [0.3, 0.4) is 0 Å². The van der Waals surface area contributed by atoms with Gasteiger partial charge in [-0.2, -0.15) is 0 Å². The van der Waals surface area contributed by atoms with Gasteiger partial charge in [0.25, 0.3) is 0 Å². The van der Waals surface area contributed by atoms with E-state index in [0.717, 1.165) is 23.3 Å². The number of piperidine rings is 1. The monoisotopic (exact) mass is 395 g/mol. The molecule has 2 saturated heterocycles. The fourth-order valence-corrected chi connectivity index (χ4v) is 4.68. The van der Waals surface area contributed by atoms with Gasteiger partial charge < -0.3 is 9.84 Å². The molecule has 0 spiro atoms. The summed E-state index contributed by atoms with van der Waals surface area (Å²) in [5, 5.41) is 13.7. The SMILES string of the molecule is CCOc1ccccc1C1CC(C(=O)O)C2C(NNC2c2ccc(CC)cc2)N1. The Morgan fingerprint density at radius 3 is 2.55 bits per heavy atom. The minimum Gasteiger partial charge on any atom is -0.494 e. The van der Waals surface area contributed by atoms with Gasteiger partial charge in [-0.25, -0.2) is 10.9 Å². The number of aliphatic carboxylic acids is 1. The number of ether oxygens (including phenoxy) is 1. The lowest BCUT2D eigenvalue weighted by Gasteiger charge is -2.39. The maximum Gasteiger partial charge on any atom is 0.307 e. The van der Waals surface area contributed by atoms with E-state index in [-0.39, 0.29) is 24.2 Å². The highest BCUT2D eigenvalue weighted by atomic mass is 16.5. The second-order valence-corrected chi connectivity index (χ2v) is 7.79. The predicted molar refractivity (Wildman–Crippen MR) is 111 cm³/mol. The molecule has 0 bridgehead atoms. The van der Waals surface area contributed by atoms with Crippen LogP contribution in [-0.4, -0.2) is 23.8 Å². The molecule has 0 aromatic heterocycles. The van der Waals surface area contributed by atoms with Gasteiger partial charge in [0.15, 0.2) is 0 Å². The van der Waals surface area contributed by atoms with E-state index in [0.29, 0.717) is 13.0 Å². The van der Waals surface area contributed by atoms with E-state index in [1.54, 1.807) is 0 Å². The Hall–Kier alpha value is -2.41. The van der Waals surface area contributed by atoms with Crippen LogP contribution in [0.4, 0.5) is 0 Å². The van der Waals surface area contributed by atoms with Crippen LogP contribution < -0.4 is 20.9 Å². The highest BCUT2D eigenvalue weighted by Crippen LogP contribution is 2.43. The van der Waals surface area contributed by atoms with Gasteiger partial charge in [0.2, 0.25) is 0 Å². The van der Waals surface area contributed by atoms with Crippen LogP contribution in [-0.2, 0) is 11.2 Å². The van der Waals surface area contributed by atoms with Crippen molar-refractivity contribution in [3.8, 4) is 5.75 Å². The molecule has 2 aromatic rings. The summed E-state index contributed by atoms with van der Waals surface area (Å²) in [6, 6.07) is 16.2. The molecule has 0 radical (unpaired) electrons. The van der Waals surface area contributed by atoms with Crippen molar-refractivity contribution in [1.29, 1.82) is 0 Å². The van der Waals surface area contributed by atoms with Gasteiger partial charge in [-0.05, 0) is 37.0 Å². The second-order valence-electron chi connectivity index (χ2n) is 7.79. The largest absolute Gasteiger partial charge is 0.494 e. The predicted octanol–water partition coefficient (Wildman–Crippen LogP) is 3.17.